The van der Waals surface area contributed by atoms with Gasteiger partial charge < -0.3 is 14.7 Å². The second-order valence-electron chi connectivity index (χ2n) is 7.34. The molecule has 1 amide bonds. The van der Waals surface area contributed by atoms with E-state index >= 15 is 0 Å². The van der Waals surface area contributed by atoms with Crippen molar-refractivity contribution < 1.29 is 14.6 Å². The summed E-state index contributed by atoms with van der Waals surface area (Å²) in [5.41, 5.74) is 1.11. The van der Waals surface area contributed by atoms with Crippen LogP contribution in [0.4, 0.5) is 0 Å². The zero-order valence-electron chi connectivity index (χ0n) is 16.6. The molecule has 2 aromatic heterocycles. The summed E-state index contributed by atoms with van der Waals surface area (Å²) in [5.74, 6) is -0.296. The molecule has 2 bridgehead atoms. The molecule has 0 unspecified atom stereocenters. The summed E-state index contributed by atoms with van der Waals surface area (Å²) < 4.78 is 7.57. The number of pyridine rings is 2. The molecule has 2 aliphatic rings. The van der Waals surface area contributed by atoms with Crippen LogP contribution in [0.3, 0.4) is 0 Å². The molecule has 0 spiro atoms. The van der Waals surface area contributed by atoms with E-state index in [0.717, 1.165) is 11.1 Å². The average Bonchev–Trinajstić information content (AvgIpc) is 2.82. The Bertz CT molecular complexity index is 1220. The van der Waals surface area contributed by atoms with Crippen molar-refractivity contribution in [1.29, 1.82) is 0 Å². The molecular weight excluding hydrogens is 396 g/mol. The highest BCUT2D eigenvalue weighted by atomic mass is 16.5. The molecule has 0 saturated heterocycles. The molecule has 0 aliphatic carbocycles. The maximum Gasteiger partial charge on any atom is 0.278 e. The fourth-order valence-electron chi connectivity index (χ4n) is 4.02. The van der Waals surface area contributed by atoms with E-state index in [1.54, 1.807) is 22.0 Å². The molecule has 0 saturated carbocycles. The Morgan fingerprint density at radius 2 is 1.90 bits per heavy atom. The molecule has 8 nitrogen and oxygen atoms in total. The summed E-state index contributed by atoms with van der Waals surface area (Å²) in [4.78, 5) is 31.2. The van der Waals surface area contributed by atoms with Crippen molar-refractivity contribution in [2.45, 2.75) is 6.04 Å². The smallest absolute Gasteiger partial charge is 0.278 e. The lowest BCUT2D eigenvalue weighted by molar-refractivity contribution is 0.0701. The Morgan fingerprint density at radius 3 is 2.74 bits per heavy atom. The van der Waals surface area contributed by atoms with E-state index in [1.807, 2.05) is 53.6 Å². The summed E-state index contributed by atoms with van der Waals surface area (Å²) in [6, 6.07) is 12.5. The van der Waals surface area contributed by atoms with E-state index in [-0.39, 0.29) is 18.4 Å². The van der Waals surface area contributed by atoms with Gasteiger partial charge in [-0.1, -0.05) is 36.4 Å². The maximum atomic E-state index is 13.1. The van der Waals surface area contributed by atoms with E-state index in [0.29, 0.717) is 18.9 Å². The highest BCUT2D eigenvalue weighted by Crippen LogP contribution is 2.36. The third kappa shape index (κ3) is 3.22. The minimum atomic E-state index is -0.595. The van der Waals surface area contributed by atoms with E-state index in [9.17, 15) is 14.7 Å². The highest BCUT2D eigenvalue weighted by molar-refractivity contribution is 5.96. The van der Waals surface area contributed by atoms with Crippen molar-refractivity contribution in [3.63, 3.8) is 0 Å². The first-order chi connectivity index (χ1) is 15.1. The van der Waals surface area contributed by atoms with Gasteiger partial charge in [0, 0.05) is 36.8 Å². The minimum absolute atomic E-state index is 0.0568. The van der Waals surface area contributed by atoms with Gasteiger partial charge in [0.15, 0.2) is 11.4 Å². The second-order valence-corrected chi connectivity index (χ2v) is 7.34. The maximum absolute atomic E-state index is 13.1. The van der Waals surface area contributed by atoms with Gasteiger partial charge in [-0.15, -0.1) is 0 Å². The molecule has 31 heavy (non-hydrogen) atoms. The number of hydrogen-bond acceptors (Lipinski definition) is 6. The number of amides is 1. The van der Waals surface area contributed by atoms with Crippen molar-refractivity contribution in [1.82, 2.24) is 14.6 Å². The number of carbonyl (C=O) groups excluding carboxylic acids is 1. The number of hydrogen-bond donors (Lipinski definition) is 1. The predicted octanol–water partition coefficient (Wildman–Crippen LogP) is 2.04. The Morgan fingerprint density at radius 1 is 1.06 bits per heavy atom. The van der Waals surface area contributed by atoms with Gasteiger partial charge >= 0.3 is 0 Å². The zero-order chi connectivity index (χ0) is 21.4. The van der Waals surface area contributed by atoms with Crippen LogP contribution in [-0.4, -0.2) is 45.4 Å². The Balaban J connectivity index is 1.80. The topological polar surface area (TPSA) is 87.9 Å². The number of aromatic hydroxyl groups is 1. The van der Waals surface area contributed by atoms with Gasteiger partial charge in [-0.3, -0.25) is 24.3 Å². The molecular formula is C23H20N4O4. The molecule has 4 heterocycles. The highest BCUT2D eigenvalue weighted by Gasteiger charge is 2.37. The first kappa shape index (κ1) is 18.9. The van der Waals surface area contributed by atoms with Crippen LogP contribution in [0.5, 0.6) is 11.5 Å². The van der Waals surface area contributed by atoms with Gasteiger partial charge in [0.05, 0.1) is 0 Å². The summed E-state index contributed by atoms with van der Waals surface area (Å²) >= 11 is 0. The number of benzene rings is 1. The van der Waals surface area contributed by atoms with E-state index < -0.39 is 17.1 Å². The molecule has 2 aliphatic heterocycles. The van der Waals surface area contributed by atoms with Crippen LogP contribution in [-0.2, 0) is 0 Å². The monoisotopic (exact) mass is 416 g/mol. The number of nitrogens with zero attached hydrogens (tertiary/aromatic N) is 4. The van der Waals surface area contributed by atoms with Gasteiger partial charge in [0.1, 0.15) is 25.1 Å². The van der Waals surface area contributed by atoms with Crippen molar-refractivity contribution in [2.75, 3.05) is 24.8 Å². The lowest BCUT2D eigenvalue weighted by atomic mass is 9.98. The van der Waals surface area contributed by atoms with Crippen LogP contribution >= 0.6 is 0 Å². The number of carbonyl (C=O) groups is 1. The molecule has 0 radical (unpaired) electrons. The fourth-order valence-corrected chi connectivity index (χ4v) is 4.02. The van der Waals surface area contributed by atoms with Crippen molar-refractivity contribution in [3.8, 4) is 11.5 Å². The third-order valence-electron chi connectivity index (χ3n) is 5.48. The molecule has 1 N–H and O–H groups in total. The summed E-state index contributed by atoms with van der Waals surface area (Å²) in [6.45, 7) is 0.903. The number of aromatic nitrogens is 2. The van der Waals surface area contributed by atoms with E-state index in [4.69, 9.17) is 4.74 Å². The van der Waals surface area contributed by atoms with Gasteiger partial charge in [-0.2, -0.15) is 0 Å². The van der Waals surface area contributed by atoms with Gasteiger partial charge in [0.25, 0.3) is 5.91 Å². The average molecular weight is 416 g/mol. The predicted molar refractivity (Wildman–Crippen MR) is 114 cm³/mol. The molecule has 5 rings (SSSR count). The lowest BCUT2D eigenvalue weighted by Crippen LogP contribution is -2.55. The van der Waals surface area contributed by atoms with Gasteiger partial charge in [-0.25, -0.2) is 0 Å². The van der Waals surface area contributed by atoms with Crippen LogP contribution in [0.25, 0.3) is 0 Å². The quantitative estimate of drug-likeness (QED) is 0.611. The van der Waals surface area contributed by atoms with Crippen LogP contribution < -0.4 is 15.2 Å². The summed E-state index contributed by atoms with van der Waals surface area (Å²) in [5, 5.41) is 12.4. The normalized spacial score (nSPS) is 19.0. The first-order valence-electron chi connectivity index (χ1n) is 9.92. The zero-order valence-corrected chi connectivity index (χ0v) is 16.6. The Kier molecular flexibility index (Phi) is 4.66. The Hall–Kier alpha value is -4.07. The molecule has 1 aromatic carbocycles. The lowest BCUT2D eigenvalue weighted by Gasteiger charge is -2.43. The number of rotatable bonds is 1. The first-order valence-corrected chi connectivity index (χ1v) is 9.92. The van der Waals surface area contributed by atoms with Crippen LogP contribution in [0, 0.1) is 0 Å². The molecule has 1 atom stereocenters. The van der Waals surface area contributed by atoms with Gasteiger partial charge in [-0.05, 0) is 17.7 Å². The minimum Gasteiger partial charge on any atom is -0.502 e. The fraction of sp³-hybridized carbons (Fsp3) is 0.174. The Labute approximate surface area is 178 Å². The standard InChI is InChI=1S/C23H20N4O4/c28-18-9-12-26-21(22(18)29)23(30)25-11-4-5-13-31-19-8-10-24-14-17(19)20(27(26)15-25)16-6-2-1-3-7-16/h1-10,12,14,20,29H,11,13,15H2/b5-4-/t20-/m1/s1. The number of ether oxygens (including phenoxy) is 1. The largest absolute Gasteiger partial charge is 0.502 e. The third-order valence-corrected chi connectivity index (χ3v) is 5.48. The summed E-state index contributed by atoms with van der Waals surface area (Å²) in [6.07, 6.45) is 8.63. The number of fused-ring (bicyclic) bond motifs is 5. The van der Waals surface area contributed by atoms with Crippen molar-refractivity contribution in [3.05, 3.63) is 100 Å². The van der Waals surface area contributed by atoms with Crippen molar-refractivity contribution >= 4 is 5.91 Å². The van der Waals surface area contributed by atoms with Crippen molar-refractivity contribution in [2.24, 2.45) is 0 Å². The van der Waals surface area contributed by atoms with Gasteiger partial charge in [0.2, 0.25) is 5.43 Å². The second kappa shape index (κ2) is 7.64. The van der Waals surface area contributed by atoms with E-state index in [2.05, 4.69) is 4.98 Å². The summed E-state index contributed by atoms with van der Waals surface area (Å²) in [7, 11) is 0. The molecule has 156 valence electrons. The van der Waals surface area contributed by atoms with E-state index in [1.165, 1.54) is 12.3 Å². The molecule has 3 aromatic rings. The van der Waals surface area contributed by atoms with Crippen LogP contribution in [0.2, 0.25) is 0 Å². The SMILES string of the molecule is O=C1c2c(O)c(=O)ccn2N2CN1C/C=C\COc1ccncc1[C@H]2c1ccccc1. The molecule has 8 heteroatoms. The molecule has 0 fully saturated rings. The van der Waals surface area contributed by atoms with Crippen LogP contribution in [0.1, 0.15) is 27.7 Å². The van der Waals surface area contributed by atoms with Crippen LogP contribution in [0.15, 0.2) is 78.0 Å².